The van der Waals surface area contributed by atoms with Crippen molar-refractivity contribution < 1.29 is 14.3 Å². The van der Waals surface area contributed by atoms with Gasteiger partial charge in [-0.2, -0.15) is 0 Å². The first-order valence-corrected chi connectivity index (χ1v) is 9.24. The molecule has 5 nitrogen and oxygen atoms in total. The average Bonchev–Trinajstić information content (AvgIpc) is 2.87. The third kappa shape index (κ3) is 3.65. The number of likely N-dealkylation sites (N-methyl/N-ethyl adjacent to an activating group) is 1. The number of ether oxygens (including phenoxy) is 1. The molecule has 0 fully saturated rings. The van der Waals surface area contributed by atoms with E-state index in [0.29, 0.717) is 5.56 Å². The topological polar surface area (TPSA) is 49.9 Å². The summed E-state index contributed by atoms with van der Waals surface area (Å²) in [6.45, 7) is 3.90. The number of benzene rings is 2. The quantitative estimate of drug-likeness (QED) is 0.585. The number of allylic oxidation sites excluding steroid dienone is 1. The molecule has 1 heterocycles. The Kier molecular flexibility index (Phi) is 5.27. The van der Waals surface area contributed by atoms with E-state index in [1.807, 2.05) is 55.2 Å². The number of fused-ring (bicyclic) bond motifs is 1. The largest absolute Gasteiger partial charge is 0.454 e. The Balaban J connectivity index is 1.71. The highest BCUT2D eigenvalue weighted by atomic mass is 16.5. The van der Waals surface area contributed by atoms with Crippen molar-refractivity contribution in [2.45, 2.75) is 19.3 Å². The van der Waals surface area contributed by atoms with Crippen molar-refractivity contribution in [1.29, 1.82) is 0 Å². The number of hydrogen-bond donors (Lipinski definition) is 0. The predicted molar refractivity (Wildman–Crippen MR) is 112 cm³/mol. The summed E-state index contributed by atoms with van der Waals surface area (Å²) in [6.07, 6.45) is 1.59. The number of hydrogen-bond acceptors (Lipinski definition) is 5. The van der Waals surface area contributed by atoms with Crippen LogP contribution in [0.5, 0.6) is 0 Å². The van der Waals surface area contributed by atoms with Crippen LogP contribution in [0.4, 0.5) is 11.4 Å². The molecule has 5 heteroatoms. The van der Waals surface area contributed by atoms with Crippen LogP contribution in [0.15, 0.2) is 60.3 Å². The molecule has 0 amide bonds. The van der Waals surface area contributed by atoms with E-state index in [1.54, 1.807) is 24.3 Å². The van der Waals surface area contributed by atoms with Crippen molar-refractivity contribution in [3.8, 4) is 0 Å². The molecule has 0 aromatic heterocycles. The van der Waals surface area contributed by atoms with Gasteiger partial charge in [0.05, 0.1) is 5.56 Å². The van der Waals surface area contributed by atoms with Crippen LogP contribution in [0.3, 0.4) is 0 Å². The Morgan fingerprint density at radius 2 is 1.82 bits per heavy atom. The summed E-state index contributed by atoms with van der Waals surface area (Å²) >= 11 is 0. The van der Waals surface area contributed by atoms with Crippen molar-refractivity contribution >= 4 is 23.1 Å². The SMILES string of the molecule is CN(C)c1cccc(C(=O)OCC(=O)/C=C2/N(C)c3ccccc3C2(C)C)c1. The van der Waals surface area contributed by atoms with Crippen molar-refractivity contribution in [1.82, 2.24) is 0 Å². The predicted octanol–water partition coefficient (Wildman–Crippen LogP) is 3.79. The highest BCUT2D eigenvalue weighted by molar-refractivity contribution is 5.97. The van der Waals surface area contributed by atoms with Gasteiger partial charge in [0, 0.05) is 49.7 Å². The van der Waals surface area contributed by atoms with E-state index in [-0.39, 0.29) is 17.8 Å². The molecular formula is C23H26N2O3. The molecule has 0 bridgehead atoms. The van der Waals surface area contributed by atoms with Crippen LogP contribution in [0.2, 0.25) is 0 Å². The van der Waals surface area contributed by atoms with Crippen LogP contribution in [0, 0.1) is 0 Å². The Hall–Kier alpha value is -3.08. The van der Waals surface area contributed by atoms with Gasteiger partial charge in [0.15, 0.2) is 12.4 Å². The summed E-state index contributed by atoms with van der Waals surface area (Å²) in [5, 5.41) is 0. The molecule has 3 rings (SSSR count). The number of nitrogens with zero attached hydrogens (tertiary/aromatic N) is 2. The first-order chi connectivity index (χ1) is 13.2. The van der Waals surface area contributed by atoms with Crippen LogP contribution in [-0.2, 0) is 14.9 Å². The second-order valence-electron chi connectivity index (χ2n) is 7.72. The molecule has 0 radical (unpaired) electrons. The van der Waals surface area contributed by atoms with E-state index >= 15 is 0 Å². The minimum atomic E-state index is -0.502. The van der Waals surface area contributed by atoms with Crippen molar-refractivity contribution in [3.05, 3.63) is 71.4 Å². The van der Waals surface area contributed by atoms with Gasteiger partial charge in [-0.05, 0) is 29.8 Å². The molecule has 0 saturated heterocycles. The van der Waals surface area contributed by atoms with E-state index in [9.17, 15) is 9.59 Å². The van der Waals surface area contributed by atoms with Gasteiger partial charge >= 0.3 is 5.97 Å². The molecule has 28 heavy (non-hydrogen) atoms. The fourth-order valence-corrected chi connectivity index (χ4v) is 3.58. The molecule has 1 aliphatic rings. The van der Waals surface area contributed by atoms with E-state index in [2.05, 4.69) is 19.9 Å². The number of carbonyl (C=O) groups excluding carboxylic acids is 2. The van der Waals surface area contributed by atoms with Gasteiger partial charge < -0.3 is 14.5 Å². The van der Waals surface area contributed by atoms with Gasteiger partial charge in [-0.3, -0.25) is 4.79 Å². The molecule has 0 N–H and O–H groups in total. The number of ketones is 1. The zero-order valence-electron chi connectivity index (χ0n) is 17.0. The van der Waals surface area contributed by atoms with E-state index in [4.69, 9.17) is 4.74 Å². The zero-order valence-corrected chi connectivity index (χ0v) is 17.0. The maximum atomic E-state index is 12.5. The molecule has 146 valence electrons. The highest BCUT2D eigenvalue weighted by Crippen LogP contribution is 2.46. The summed E-state index contributed by atoms with van der Waals surface area (Å²) in [7, 11) is 5.75. The summed E-state index contributed by atoms with van der Waals surface area (Å²) < 4.78 is 5.25. The number of anilines is 2. The smallest absolute Gasteiger partial charge is 0.338 e. The second kappa shape index (κ2) is 7.50. The van der Waals surface area contributed by atoms with Gasteiger partial charge in [-0.15, -0.1) is 0 Å². The first-order valence-electron chi connectivity index (χ1n) is 9.24. The normalized spacial score (nSPS) is 16.0. The van der Waals surface area contributed by atoms with Gasteiger partial charge in [-0.1, -0.05) is 38.1 Å². The molecule has 0 atom stereocenters. The highest BCUT2D eigenvalue weighted by Gasteiger charge is 2.38. The summed E-state index contributed by atoms with van der Waals surface area (Å²) in [5.41, 5.74) is 4.19. The average molecular weight is 378 g/mol. The van der Waals surface area contributed by atoms with Crippen molar-refractivity contribution in [2.24, 2.45) is 0 Å². The number of rotatable bonds is 5. The van der Waals surface area contributed by atoms with Crippen LogP contribution in [-0.4, -0.2) is 39.5 Å². The van der Waals surface area contributed by atoms with E-state index < -0.39 is 5.97 Å². The zero-order chi connectivity index (χ0) is 20.5. The Morgan fingerprint density at radius 1 is 1.11 bits per heavy atom. The van der Waals surface area contributed by atoms with E-state index in [0.717, 1.165) is 17.1 Å². The maximum Gasteiger partial charge on any atom is 0.338 e. The molecule has 0 aliphatic carbocycles. The third-order valence-electron chi connectivity index (χ3n) is 5.18. The number of carbonyl (C=O) groups is 2. The fourth-order valence-electron chi connectivity index (χ4n) is 3.58. The summed E-state index contributed by atoms with van der Waals surface area (Å²) in [6, 6.07) is 15.2. The van der Waals surface area contributed by atoms with Gasteiger partial charge in [0.2, 0.25) is 0 Å². The Labute approximate surface area is 166 Å². The Morgan fingerprint density at radius 3 is 2.50 bits per heavy atom. The molecule has 0 unspecified atom stereocenters. The van der Waals surface area contributed by atoms with Crippen molar-refractivity contribution in [3.63, 3.8) is 0 Å². The van der Waals surface area contributed by atoms with Crippen LogP contribution >= 0.6 is 0 Å². The lowest BCUT2D eigenvalue weighted by Crippen LogP contribution is -2.25. The molecule has 2 aromatic rings. The van der Waals surface area contributed by atoms with E-state index in [1.165, 1.54) is 5.56 Å². The minimum Gasteiger partial charge on any atom is -0.454 e. The standard InChI is InChI=1S/C23H26N2O3/c1-23(2)19-11-6-7-12-20(19)25(5)21(23)14-18(26)15-28-22(27)16-9-8-10-17(13-16)24(3)4/h6-14H,15H2,1-5H3/b21-14+. The van der Waals surface area contributed by atoms with Gasteiger partial charge in [0.25, 0.3) is 0 Å². The van der Waals surface area contributed by atoms with Gasteiger partial charge in [-0.25, -0.2) is 4.79 Å². The van der Waals surface area contributed by atoms with Crippen molar-refractivity contribution in [2.75, 3.05) is 37.5 Å². The Bertz CT molecular complexity index is 944. The molecule has 0 spiro atoms. The molecule has 2 aromatic carbocycles. The van der Waals surface area contributed by atoms with Gasteiger partial charge in [0.1, 0.15) is 0 Å². The fraction of sp³-hybridized carbons (Fsp3) is 0.304. The lowest BCUT2D eigenvalue weighted by molar-refractivity contribution is -0.117. The monoisotopic (exact) mass is 378 g/mol. The molecule has 1 aliphatic heterocycles. The molecular weight excluding hydrogens is 352 g/mol. The number of para-hydroxylation sites is 1. The molecule has 0 saturated carbocycles. The lowest BCUT2D eigenvalue weighted by atomic mass is 9.83. The number of esters is 1. The third-order valence-corrected chi connectivity index (χ3v) is 5.18. The van der Waals surface area contributed by atoms with Crippen LogP contribution in [0.1, 0.15) is 29.8 Å². The summed E-state index contributed by atoms with van der Waals surface area (Å²) in [4.78, 5) is 28.7. The lowest BCUT2D eigenvalue weighted by Gasteiger charge is -2.23. The summed E-state index contributed by atoms with van der Waals surface area (Å²) in [5.74, 6) is -0.738. The first kappa shape index (κ1) is 19.7. The minimum absolute atomic E-state index is 0.236. The van der Waals surface area contributed by atoms with Crippen LogP contribution < -0.4 is 9.80 Å². The van der Waals surface area contributed by atoms with Crippen LogP contribution in [0.25, 0.3) is 0 Å². The second-order valence-corrected chi connectivity index (χ2v) is 7.72. The maximum absolute atomic E-state index is 12.5.